The molecule has 0 saturated carbocycles. The number of hydrogen-bond acceptors (Lipinski definition) is 4. The Morgan fingerprint density at radius 3 is 2.72 bits per heavy atom. The highest BCUT2D eigenvalue weighted by Crippen LogP contribution is 2.25. The largest absolute Gasteiger partial charge is 0.457 e. The highest BCUT2D eigenvalue weighted by molar-refractivity contribution is 5.95. The van der Waals surface area contributed by atoms with Gasteiger partial charge in [-0.3, -0.25) is 9.48 Å². The molecule has 6 nitrogen and oxygen atoms in total. The van der Waals surface area contributed by atoms with Gasteiger partial charge in [-0.2, -0.15) is 5.10 Å². The Morgan fingerprint density at radius 1 is 1.17 bits per heavy atom. The number of carbonyl (C=O) groups excluding carboxylic acids is 1. The van der Waals surface area contributed by atoms with Crippen LogP contribution in [0.25, 0.3) is 0 Å². The maximum atomic E-state index is 12.4. The highest BCUT2D eigenvalue weighted by Gasteiger charge is 2.25. The molecular weight excluding hydrogens is 366 g/mol. The molecule has 2 heterocycles. The van der Waals surface area contributed by atoms with Crippen LogP contribution >= 0.6 is 0 Å². The molecule has 1 aliphatic rings. The van der Waals surface area contributed by atoms with Crippen molar-refractivity contribution >= 4 is 11.6 Å². The minimum atomic E-state index is -0.357. The third kappa shape index (κ3) is 4.49. The number of aryl methyl sites for hydroxylation is 1. The second-order valence-electron chi connectivity index (χ2n) is 7.26. The topological polar surface area (TPSA) is 65.4 Å². The molecule has 150 valence electrons. The molecule has 0 spiro atoms. The maximum Gasteiger partial charge on any atom is 0.253 e. The number of amides is 1. The lowest BCUT2D eigenvalue weighted by Gasteiger charge is -2.11. The standard InChI is InChI=1S/C23H25N3O3/c1-16-22(24-23(27)21-12-7-13-28-21)17(2)26(25-16)15-18-8-6-11-20(14-18)29-19-9-4-3-5-10-19/h3-6,8-11,14,21H,7,12-13,15H2,1-2H3,(H,24,27)/t21-/m0/s1. The van der Waals surface area contributed by atoms with Crippen LogP contribution < -0.4 is 10.1 Å². The van der Waals surface area contributed by atoms with E-state index in [2.05, 4.69) is 10.4 Å². The van der Waals surface area contributed by atoms with Crippen molar-refractivity contribution in [3.8, 4) is 11.5 Å². The molecule has 1 aromatic heterocycles. The first kappa shape index (κ1) is 19.2. The van der Waals surface area contributed by atoms with E-state index in [0.717, 1.165) is 47.0 Å². The van der Waals surface area contributed by atoms with Gasteiger partial charge in [-0.05, 0) is 56.5 Å². The fourth-order valence-electron chi connectivity index (χ4n) is 3.52. The lowest BCUT2D eigenvalue weighted by Crippen LogP contribution is -2.27. The first-order chi connectivity index (χ1) is 14.1. The van der Waals surface area contributed by atoms with Gasteiger partial charge in [0, 0.05) is 6.61 Å². The smallest absolute Gasteiger partial charge is 0.253 e. The van der Waals surface area contributed by atoms with Crippen molar-refractivity contribution in [2.45, 2.75) is 39.3 Å². The number of para-hydroxylation sites is 1. The van der Waals surface area contributed by atoms with Crippen molar-refractivity contribution in [1.29, 1.82) is 0 Å². The third-order valence-corrected chi connectivity index (χ3v) is 5.06. The van der Waals surface area contributed by atoms with Gasteiger partial charge in [-0.15, -0.1) is 0 Å². The van der Waals surface area contributed by atoms with Crippen LogP contribution in [0.2, 0.25) is 0 Å². The van der Waals surface area contributed by atoms with Gasteiger partial charge in [0.25, 0.3) is 5.91 Å². The number of anilines is 1. The Balaban J connectivity index is 1.48. The average Bonchev–Trinajstić information content (AvgIpc) is 3.34. The van der Waals surface area contributed by atoms with Gasteiger partial charge in [0.2, 0.25) is 0 Å². The van der Waals surface area contributed by atoms with E-state index in [0.29, 0.717) is 13.2 Å². The van der Waals surface area contributed by atoms with E-state index >= 15 is 0 Å². The minimum Gasteiger partial charge on any atom is -0.457 e. The number of rotatable bonds is 6. The number of carbonyl (C=O) groups is 1. The molecule has 1 N–H and O–H groups in total. The molecule has 1 atom stereocenters. The molecule has 0 radical (unpaired) electrons. The summed E-state index contributed by atoms with van der Waals surface area (Å²) in [6.45, 7) is 5.12. The number of benzene rings is 2. The zero-order chi connectivity index (χ0) is 20.2. The van der Waals surface area contributed by atoms with Gasteiger partial charge >= 0.3 is 0 Å². The van der Waals surface area contributed by atoms with Crippen molar-refractivity contribution in [2.75, 3.05) is 11.9 Å². The fourth-order valence-corrected chi connectivity index (χ4v) is 3.52. The Labute approximate surface area is 170 Å². The summed E-state index contributed by atoms with van der Waals surface area (Å²) in [7, 11) is 0. The van der Waals surface area contributed by atoms with Gasteiger partial charge in [0.05, 0.1) is 23.6 Å². The summed E-state index contributed by atoms with van der Waals surface area (Å²) in [5.41, 5.74) is 3.55. The molecule has 1 aliphatic heterocycles. The Hall–Kier alpha value is -3.12. The van der Waals surface area contributed by atoms with E-state index in [1.807, 2.05) is 73.1 Å². The summed E-state index contributed by atoms with van der Waals surface area (Å²) in [4.78, 5) is 12.4. The highest BCUT2D eigenvalue weighted by atomic mass is 16.5. The van der Waals surface area contributed by atoms with Gasteiger partial charge in [0.1, 0.15) is 17.6 Å². The quantitative estimate of drug-likeness (QED) is 0.674. The Bertz CT molecular complexity index is 992. The van der Waals surface area contributed by atoms with Gasteiger partial charge in [-0.1, -0.05) is 30.3 Å². The molecule has 29 heavy (non-hydrogen) atoms. The zero-order valence-corrected chi connectivity index (χ0v) is 16.7. The van der Waals surface area contributed by atoms with E-state index in [1.165, 1.54) is 0 Å². The summed E-state index contributed by atoms with van der Waals surface area (Å²) in [6, 6.07) is 17.7. The van der Waals surface area contributed by atoms with Crippen molar-refractivity contribution in [1.82, 2.24) is 9.78 Å². The number of hydrogen-bond donors (Lipinski definition) is 1. The van der Waals surface area contributed by atoms with Crippen molar-refractivity contribution in [2.24, 2.45) is 0 Å². The van der Waals surface area contributed by atoms with Crippen LogP contribution in [0, 0.1) is 13.8 Å². The number of ether oxygens (including phenoxy) is 2. The normalized spacial score (nSPS) is 16.0. The van der Waals surface area contributed by atoms with Crippen LogP contribution in [0.1, 0.15) is 29.8 Å². The van der Waals surface area contributed by atoms with Crippen LogP contribution in [-0.2, 0) is 16.1 Å². The summed E-state index contributed by atoms with van der Waals surface area (Å²) in [6.07, 6.45) is 1.34. The SMILES string of the molecule is Cc1nn(Cc2cccc(Oc3ccccc3)c2)c(C)c1NC(=O)[C@@H]1CCCO1. The molecule has 6 heteroatoms. The molecule has 0 bridgehead atoms. The zero-order valence-electron chi connectivity index (χ0n) is 16.7. The minimum absolute atomic E-state index is 0.0912. The lowest BCUT2D eigenvalue weighted by atomic mass is 10.2. The number of nitrogens with one attached hydrogen (secondary N) is 1. The fraction of sp³-hybridized carbons (Fsp3) is 0.304. The molecule has 2 aromatic carbocycles. The van der Waals surface area contributed by atoms with Crippen molar-refractivity contribution in [3.63, 3.8) is 0 Å². The third-order valence-electron chi connectivity index (χ3n) is 5.06. The summed E-state index contributed by atoms with van der Waals surface area (Å²) in [5, 5.41) is 7.62. The lowest BCUT2D eigenvalue weighted by molar-refractivity contribution is -0.124. The first-order valence-electron chi connectivity index (χ1n) is 9.88. The van der Waals surface area contributed by atoms with E-state index in [4.69, 9.17) is 9.47 Å². The molecule has 1 amide bonds. The monoisotopic (exact) mass is 391 g/mol. The number of aromatic nitrogens is 2. The second kappa shape index (κ2) is 8.49. The molecular formula is C23H25N3O3. The van der Waals surface area contributed by atoms with Crippen LogP contribution in [0.3, 0.4) is 0 Å². The summed E-state index contributed by atoms with van der Waals surface area (Å²) >= 11 is 0. The predicted molar refractivity (Wildman–Crippen MR) is 111 cm³/mol. The van der Waals surface area contributed by atoms with Crippen LogP contribution in [0.15, 0.2) is 54.6 Å². The Kier molecular flexibility index (Phi) is 5.62. The van der Waals surface area contributed by atoms with Crippen LogP contribution in [0.4, 0.5) is 5.69 Å². The molecule has 3 aromatic rings. The summed E-state index contributed by atoms with van der Waals surface area (Å²) < 4.78 is 13.3. The predicted octanol–water partition coefficient (Wildman–Crippen LogP) is 4.46. The number of nitrogens with zero attached hydrogens (tertiary/aromatic N) is 2. The van der Waals surface area contributed by atoms with Gasteiger partial charge in [0.15, 0.2) is 0 Å². The van der Waals surface area contributed by atoms with E-state index in [9.17, 15) is 4.79 Å². The van der Waals surface area contributed by atoms with Gasteiger partial charge < -0.3 is 14.8 Å². The molecule has 1 fully saturated rings. The van der Waals surface area contributed by atoms with Crippen molar-refractivity contribution in [3.05, 3.63) is 71.5 Å². The average molecular weight is 391 g/mol. The van der Waals surface area contributed by atoms with E-state index in [1.54, 1.807) is 0 Å². The van der Waals surface area contributed by atoms with Gasteiger partial charge in [-0.25, -0.2) is 0 Å². The Morgan fingerprint density at radius 2 is 1.97 bits per heavy atom. The van der Waals surface area contributed by atoms with Crippen LogP contribution in [0.5, 0.6) is 11.5 Å². The molecule has 4 rings (SSSR count). The second-order valence-corrected chi connectivity index (χ2v) is 7.26. The van der Waals surface area contributed by atoms with Crippen molar-refractivity contribution < 1.29 is 14.3 Å². The summed E-state index contributed by atoms with van der Waals surface area (Å²) in [5.74, 6) is 1.49. The first-order valence-corrected chi connectivity index (χ1v) is 9.88. The van der Waals surface area contributed by atoms with E-state index in [-0.39, 0.29) is 12.0 Å². The van der Waals surface area contributed by atoms with E-state index < -0.39 is 0 Å². The maximum absolute atomic E-state index is 12.4. The molecule has 1 saturated heterocycles. The molecule has 0 unspecified atom stereocenters. The molecule has 0 aliphatic carbocycles. The van der Waals surface area contributed by atoms with Crippen LogP contribution in [-0.4, -0.2) is 28.4 Å².